The number of hydrogen-bond acceptors (Lipinski definition) is 1. The molecule has 0 saturated carbocycles. The summed E-state index contributed by atoms with van der Waals surface area (Å²) < 4.78 is 37.4. The van der Waals surface area contributed by atoms with Crippen molar-refractivity contribution < 1.29 is 13.2 Å². The first-order chi connectivity index (χ1) is 6.93. The Morgan fingerprint density at radius 2 is 1.81 bits per heavy atom. The van der Waals surface area contributed by atoms with Crippen LogP contribution in [0.25, 0.3) is 0 Å². The van der Waals surface area contributed by atoms with Crippen molar-refractivity contribution in [2.24, 2.45) is 5.73 Å². The van der Waals surface area contributed by atoms with E-state index in [2.05, 4.69) is 0 Å². The van der Waals surface area contributed by atoms with Gasteiger partial charge in [-0.05, 0) is 12.1 Å². The molecule has 16 heavy (non-hydrogen) atoms. The van der Waals surface area contributed by atoms with Crippen LogP contribution < -0.4 is 5.73 Å². The quantitative estimate of drug-likeness (QED) is 0.830. The molecule has 0 aliphatic rings. The van der Waals surface area contributed by atoms with Crippen LogP contribution >= 0.6 is 35.6 Å². The molecule has 7 heteroatoms. The second kappa shape index (κ2) is 6.55. The zero-order chi connectivity index (χ0) is 11.6. The minimum Gasteiger partial charge on any atom is -0.324 e. The van der Waals surface area contributed by atoms with E-state index in [0.717, 1.165) is 6.07 Å². The van der Waals surface area contributed by atoms with Gasteiger partial charge in [0.1, 0.15) is 5.82 Å². The van der Waals surface area contributed by atoms with E-state index in [4.69, 9.17) is 28.9 Å². The summed E-state index contributed by atoms with van der Waals surface area (Å²) >= 11 is 11.3. The number of nitrogens with two attached hydrogens (primary N) is 1. The highest BCUT2D eigenvalue weighted by molar-refractivity contribution is 6.42. The fourth-order valence-corrected chi connectivity index (χ4v) is 1.65. The van der Waals surface area contributed by atoms with Crippen molar-refractivity contribution in [1.82, 2.24) is 0 Å². The Balaban J connectivity index is 0.00000225. The highest BCUT2D eigenvalue weighted by Crippen LogP contribution is 2.33. The van der Waals surface area contributed by atoms with E-state index in [1.54, 1.807) is 0 Å². The standard InChI is InChI=1S/C9H8Cl2F3N.ClH/c10-4-1-2-5(12)8(9(4)11)6(15)3-7(13)14;/h1-2,6-7H,3,15H2;1H/t6-;/m0./s1. The fourth-order valence-electron chi connectivity index (χ4n) is 1.19. The van der Waals surface area contributed by atoms with Gasteiger partial charge in [0.25, 0.3) is 0 Å². The first-order valence-electron chi connectivity index (χ1n) is 4.10. The summed E-state index contributed by atoms with van der Waals surface area (Å²) in [6.07, 6.45) is -3.27. The molecule has 1 nitrogen and oxygen atoms in total. The molecule has 0 aromatic heterocycles. The first kappa shape index (κ1) is 15.8. The number of halogens is 6. The van der Waals surface area contributed by atoms with Gasteiger partial charge in [-0.2, -0.15) is 0 Å². The van der Waals surface area contributed by atoms with Crippen LogP contribution in [0.2, 0.25) is 10.0 Å². The van der Waals surface area contributed by atoms with Crippen molar-refractivity contribution in [3.63, 3.8) is 0 Å². The van der Waals surface area contributed by atoms with Crippen LogP contribution in [-0.4, -0.2) is 6.43 Å². The zero-order valence-corrected chi connectivity index (χ0v) is 10.2. The van der Waals surface area contributed by atoms with Crippen molar-refractivity contribution in [2.75, 3.05) is 0 Å². The van der Waals surface area contributed by atoms with E-state index >= 15 is 0 Å². The van der Waals surface area contributed by atoms with Gasteiger partial charge < -0.3 is 5.73 Å². The molecule has 0 fully saturated rings. The Kier molecular flexibility index (Phi) is 6.48. The normalized spacial score (nSPS) is 12.4. The monoisotopic (exact) mass is 293 g/mol. The third-order valence-corrected chi connectivity index (χ3v) is 2.70. The van der Waals surface area contributed by atoms with Crippen LogP contribution in [0.3, 0.4) is 0 Å². The van der Waals surface area contributed by atoms with Crippen LogP contribution in [0.1, 0.15) is 18.0 Å². The number of hydrogen-bond donors (Lipinski definition) is 1. The Labute approximate surface area is 107 Å². The molecule has 1 aromatic carbocycles. The van der Waals surface area contributed by atoms with Crippen molar-refractivity contribution in [2.45, 2.75) is 18.9 Å². The largest absolute Gasteiger partial charge is 0.324 e. The maximum absolute atomic E-state index is 13.3. The molecule has 0 bridgehead atoms. The summed E-state index contributed by atoms with van der Waals surface area (Å²) in [7, 11) is 0. The third kappa shape index (κ3) is 3.70. The lowest BCUT2D eigenvalue weighted by molar-refractivity contribution is 0.128. The summed E-state index contributed by atoms with van der Waals surface area (Å²) in [5, 5.41) is -0.0115. The summed E-state index contributed by atoms with van der Waals surface area (Å²) in [6, 6.07) is 1.14. The predicted molar refractivity (Wildman–Crippen MR) is 61.2 cm³/mol. The smallest absolute Gasteiger partial charge is 0.240 e. The van der Waals surface area contributed by atoms with E-state index in [1.165, 1.54) is 6.07 Å². The number of benzene rings is 1. The molecule has 0 radical (unpaired) electrons. The van der Waals surface area contributed by atoms with Gasteiger partial charge in [-0.1, -0.05) is 23.2 Å². The maximum Gasteiger partial charge on any atom is 0.240 e. The molecule has 0 spiro atoms. The van der Waals surface area contributed by atoms with Crippen LogP contribution in [0.4, 0.5) is 13.2 Å². The van der Waals surface area contributed by atoms with Crippen LogP contribution in [0, 0.1) is 5.82 Å². The van der Waals surface area contributed by atoms with Gasteiger partial charge >= 0.3 is 0 Å². The van der Waals surface area contributed by atoms with Gasteiger partial charge in [-0.15, -0.1) is 12.4 Å². The second-order valence-electron chi connectivity index (χ2n) is 2.99. The van der Waals surface area contributed by atoms with E-state index in [0.29, 0.717) is 0 Å². The molecule has 0 aliphatic carbocycles. The highest BCUT2D eigenvalue weighted by atomic mass is 35.5. The first-order valence-corrected chi connectivity index (χ1v) is 4.86. The zero-order valence-electron chi connectivity index (χ0n) is 7.89. The maximum atomic E-state index is 13.3. The number of alkyl halides is 2. The Bertz CT molecular complexity index is 360. The molecule has 0 saturated heterocycles. The van der Waals surface area contributed by atoms with E-state index in [9.17, 15) is 13.2 Å². The molecule has 1 aromatic rings. The Hall–Kier alpha value is -0.160. The van der Waals surface area contributed by atoms with Crippen molar-refractivity contribution in [3.05, 3.63) is 33.6 Å². The second-order valence-corrected chi connectivity index (χ2v) is 3.78. The summed E-state index contributed by atoms with van der Waals surface area (Å²) in [4.78, 5) is 0. The number of rotatable bonds is 3. The van der Waals surface area contributed by atoms with Gasteiger partial charge in [0, 0.05) is 18.0 Å². The van der Waals surface area contributed by atoms with Crippen LogP contribution in [0.5, 0.6) is 0 Å². The Morgan fingerprint density at radius 3 is 2.31 bits per heavy atom. The lowest BCUT2D eigenvalue weighted by Gasteiger charge is -2.14. The lowest BCUT2D eigenvalue weighted by atomic mass is 10.0. The minimum absolute atomic E-state index is 0. The van der Waals surface area contributed by atoms with E-state index in [1.807, 2.05) is 0 Å². The molecular weight excluding hydrogens is 285 g/mol. The third-order valence-electron chi connectivity index (χ3n) is 1.88. The predicted octanol–water partition coefficient (Wildman–Crippen LogP) is 4.21. The van der Waals surface area contributed by atoms with Gasteiger partial charge in [0.15, 0.2) is 0 Å². The summed E-state index contributed by atoms with van der Waals surface area (Å²) in [6.45, 7) is 0. The lowest BCUT2D eigenvalue weighted by Crippen LogP contribution is -2.16. The molecule has 0 unspecified atom stereocenters. The van der Waals surface area contributed by atoms with Crippen molar-refractivity contribution >= 4 is 35.6 Å². The molecule has 0 aliphatic heterocycles. The van der Waals surface area contributed by atoms with E-state index in [-0.39, 0.29) is 28.0 Å². The van der Waals surface area contributed by atoms with Crippen molar-refractivity contribution in [1.29, 1.82) is 0 Å². The van der Waals surface area contributed by atoms with Gasteiger partial charge in [0.2, 0.25) is 6.43 Å². The van der Waals surface area contributed by atoms with E-state index < -0.39 is 24.7 Å². The molecule has 1 atom stereocenters. The van der Waals surface area contributed by atoms with Gasteiger partial charge in [0.05, 0.1) is 10.0 Å². The van der Waals surface area contributed by atoms with Crippen molar-refractivity contribution in [3.8, 4) is 0 Å². The average Bonchev–Trinajstić information content (AvgIpc) is 2.11. The summed E-state index contributed by atoms with van der Waals surface area (Å²) in [5.74, 6) is -0.724. The van der Waals surface area contributed by atoms with Gasteiger partial charge in [-0.25, -0.2) is 13.2 Å². The highest BCUT2D eigenvalue weighted by Gasteiger charge is 2.20. The minimum atomic E-state index is -2.62. The SMILES string of the molecule is Cl.N[C@@H](CC(F)F)c1c(F)ccc(Cl)c1Cl. The molecule has 2 N–H and O–H groups in total. The molecule has 0 amide bonds. The molecule has 92 valence electrons. The Morgan fingerprint density at radius 1 is 1.25 bits per heavy atom. The fraction of sp³-hybridized carbons (Fsp3) is 0.333. The average molecular weight is 295 g/mol. The summed E-state index contributed by atoms with van der Waals surface area (Å²) in [5.41, 5.74) is 5.24. The topological polar surface area (TPSA) is 26.0 Å². The molecule has 1 rings (SSSR count). The van der Waals surface area contributed by atoms with Crippen LogP contribution in [0.15, 0.2) is 12.1 Å². The molecule has 0 heterocycles. The van der Waals surface area contributed by atoms with Crippen LogP contribution in [-0.2, 0) is 0 Å². The molecular formula is C9H9Cl3F3N. The van der Waals surface area contributed by atoms with Gasteiger partial charge in [-0.3, -0.25) is 0 Å².